The van der Waals surface area contributed by atoms with E-state index in [1.807, 2.05) is 6.92 Å². The lowest BCUT2D eigenvalue weighted by Gasteiger charge is -2.34. The molecule has 8 heteroatoms. The second kappa shape index (κ2) is 6.62. The molecule has 0 saturated carbocycles. The summed E-state index contributed by atoms with van der Waals surface area (Å²) in [6.45, 7) is 5.70. The van der Waals surface area contributed by atoms with Crippen LogP contribution in [0.2, 0.25) is 0 Å². The normalized spacial score (nSPS) is 18.3. The Morgan fingerprint density at radius 2 is 2.30 bits per heavy atom. The molecule has 1 fully saturated rings. The van der Waals surface area contributed by atoms with Crippen molar-refractivity contribution in [1.82, 2.24) is 15.2 Å². The van der Waals surface area contributed by atoms with Gasteiger partial charge in [-0.05, 0) is 13.8 Å². The number of aryl methyl sites for hydroxylation is 1. The van der Waals surface area contributed by atoms with Crippen molar-refractivity contribution in [2.24, 2.45) is 0 Å². The van der Waals surface area contributed by atoms with Gasteiger partial charge in [-0.15, -0.1) is 12.4 Å². The summed E-state index contributed by atoms with van der Waals surface area (Å²) in [6, 6.07) is 1.37. The van der Waals surface area contributed by atoms with Crippen molar-refractivity contribution in [3.63, 3.8) is 0 Å². The fraction of sp³-hybridized carbons (Fsp3) is 0.500. The van der Waals surface area contributed by atoms with Crippen molar-refractivity contribution in [3.8, 4) is 0 Å². The number of nitrogens with one attached hydrogen (secondary N) is 1. The van der Waals surface area contributed by atoms with Crippen LogP contribution >= 0.6 is 12.4 Å². The Hall–Kier alpha value is -1.73. The van der Waals surface area contributed by atoms with Crippen molar-refractivity contribution >= 4 is 24.0 Å². The molecule has 1 aromatic heterocycles. The van der Waals surface area contributed by atoms with Gasteiger partial charge in [-0.1, -0.05) is 0 Å². The van der Waals surface area contributed by atoms with Crippen LogP contribution in [0.5, 0.6) is 0 Å². The molecule has 1 saturated heterocycles. The first kappa shape index (κ1) is 16.3. The molecular weight excluding hydrogens is 284 g/mol. The number of hydrogen-bond donors (Lipinski definition) is 1. The summed E-state index contributed by atoms with van der Waals surface area (Å²) < 4.78 is 0. The Bertz CT molecular complexity index is 523. The summed E-state index contributed by atoms with van der Waals surface area (Å²) in [5.74, 6) is -0.192. The Morgan fingerprint density at radius 1 is 1.60 bits per heavy atom. The van der Waals surface area contributed by atoms with E-state index in [9.17, 15) is 14.9 Å². The van der Waals surface area contributed by atoms with Crippen molar-refractivity contribution < 1.29 is 9.72 Å². The van der Waals surface area contributed by atoms with Gasteiger partial charge in [0.25, 0.3) is 11.6 Å². The van der Waals surface area contributed by atoms with Gasteiger partial charge in [0.05, 0.1) is 16.2 Å². The SMILES string of the molecule is Cc1ncc([N+](=O)[O-])cc1C(=O)N1CCNC[C@H]1C.Cl. The van der Waals surface area contributed by atoms with E-state index in [1.165, 1.54) is 12.3 Å². The number of piperazine rings is 1. The van der Waals surface area contributed by atoms with Crippen molar-refractivity contribution in [2.75, 3.05) is 19.6 Å². The monoisotopic (exact) mass is 300 g/mol. The van der Waals surface area contributed by atoms with E-state index < -0.39 is 4.92 Å². The van der Waals surface area contributed by atoms with Gasteiger partial charge in [-0.3, -0.25) is 19.9 Å². The molecule has 1 aliphatic rings. The lowest BCUT2D eigenvalue weighted by Crippen LogP contribution is -2.52. The van der Waals surface area contributed by atoms with Crippen LogP contribution in [0, 0.1) is 17.0 Å². The van der Waals surface area contributed by atoms with Crippen LogP contribution in [0.3, 0.4) is 0 Å². The molecular formula is C12H17ClN4O3. The van der Waals surface area contributed by atoms with Crippen LogP contribution < -0.4 is 5.32 Å². The molecule has 1 atom stereocenters. The Balaban J connectivity index is 0.00000200. The maximum Gasteiger partial charge on any atom is 0.288 e. The molecule has 1 N–H and O–H groups in total. The van der Waals surface area contributed by atoms with Gasteiger partial charge in [0, 0.05) is 31.7 Å². The van der Waals surface area contributed by atoms with Crippen LogP contribution in [-0.4, -0.2) is 46.4 Å². The second-order valence-electron chi connectivity index (χ2n) is 4.64. The van der Waals surface area contributed by atoms with Crippen molar-refractivity contribution in [3.05, 3.63) is 33.6 Å². The molecule has 1 aromatic rings. The molecule has 0 aliphatic carbocycles. The van der Waals surface area contributed by atoms with Crippen LogP contribution in [0.25, 0.3) is 0 Å². The molecule has 0 spiro atoms. The first-order valence-corrected chi connectivity index (χ1v) is 6.13. The van der Waals surface area contributed by atoms with Crippen LogP contribution in [0.4, 0.5) is 5.69 Å². The van der Waals surface area contributed by atoms with E-state index in [-0.39, 0.29) is 30.0 Å². The third kappa shape index (κ3) is 3.23. The lowest BCUT2D eigenvalue weighted by molar-refractivity contribution is -0.385. The molecule has 7 nitrogen and oxygen atoms in total. The number of aromatic nitrogens is 1. The number of pyridine rings is 1. The molecule has 0 bridgehead atoms. The zero-order chi connectivity index (χ0) is 14.0. The average molecular weight is 301 g/mol. The minimum atomic E-state index is -0.537. The molecule has 0 radical (unpaired) electrons. The van der Waals surface area contributed by atoms with Crippen LogP contribution in [0.15, 0.2) is 12.3 Å². The molecule has 0 aromatic carbocycles. The predicted octanol–water partition coefficient (Wildman–Crippen LogP) is 1.15. The van der Waals surface area contributed by atoms with Crippen LogP contribution in [0.1, 0.15) is 23.0 Å². The standard InChI is InChI=1S/C12H16N4O3.ClH/c1-8-6-13-3-4-15(8)12(17)11-5-10(16(18)19)7-14-9(11)2;/h5,7-8,13H,3-4,6H2,1-2H3;1H/t8-;/m1./s1. The second-order valence-corrected chi connectivity index (χ2v) is 4.64. The van der Waals surface area contributed by atoms with Gasteiger partial charge in [0.15, 0.2) is 0 Å². The summed E-state index contributed by atoms with van der Waals surface area (Å²) in [7, 11) is 0. The van der Waals surface area contributed by atoms with E-state index >= 15 is 0 Å². The highest BCUT2D eigenvalue weighted by atomic mass is 35.5. The lowest BCUT2D eigenvalue weighted by atomic mass is 10.1. The highest BCUT2D eigenvalue weighted by Gasteiger charge is 2.26. The van der Waals surface area contributed by atoms with E-state index in [1.54, 1.807) is 11.8 Å². The fourth-order valence-electron chi connectivity index (χ4n) is 2.14. The highest BCUT2D eigenvalue weighted by molar-refractivity contribution is 5.96. The van der Waals surface area contributed by atoms with E-state index in [2.05, 4.69) is 10.3 Å². The zero-order valence-electron chi connectivity index (χ0n) is 11.3. The summed E-state index contributed by atoms with van der Waals surface area (Å²) in [6.07, 6.45) is 1.17. The highest BCUT2D eigenvalue weighted by Crippen LogP contribution is 2.18. The molecule has 1 amide bonds. The fourth-order valence-corrected chi connectivity index (χ4v) is 2.14. The van der Waals surface area contributed by atoms with Crippen LogP contribution in [-0.2, 0) is 0 Å². The largest absolute Gasteiger partial charge is 0.333 e. The van der Waals surface area contributed by atoms with Crippen molar-refractivity contribution in [1.29, 1.82) is 0 Å². The molecule has 110 valence electrons. The summed E-state index contributed by atoms with van der Waals surface area (Å²) >= 11 is 0. The van der Waals surface area contributed by atoms with Gasteiger partial charge in [-0.2, -0.15) is 0 Å². The third-order valence-electron chi connectivity index (χ3n) is 3.28. The Morgan fingerprint density at radius 3 is 2.90 bits per heavy atom. The number of nitrogens with zero attached hydrogens (tertiary/aromatic N) is 3. The number of carbonyl (C=O) groups excluding carboxylic acids is 1. The van der Waals surface area contributed by atoms with E-state index in [0.717, 1.165) is 13.1 Å². The number of halogens is 1. The maximum absolute atomic E-state index is 12.4. The number of hydrogen-bond acceptors (Lipinski definition) is 5. The molecule has 0 unspecified atom stereocenters. The Kier molecular flexibility index (Phi) is 5.41. The van der Waals surface area contributed by atoms with Gasteiger partial charge < -0.3 is 10.2 Å². The van der Waals surface area contributed by atoms with Gasteiger partial charge in [0.2, 0.25) is 0 Å². The van der Waals surface area contributed by atoms with Crippen molar-refractivity contribution in [2.45, 2.75) is 19.9 Å². The predicted molar refractivity (Wildman–Crippen MR) is 76.2 cm³/mol. The average Bonchev–Trinajstić information content (AvgIpc) is 2.38. The summed E-state index contributed by atoms with van der Waals surface area (Å²) in [4.78, 5) is 28.3. The van der Waals surface area contributed by atoms with Gasteiger partial charge in [-0.25, -0.2) is 0 Å². The molecule has 2 rings (SSSR count). The minimum Gasteiger partial charge on any atom is -0.333 e. The van der Waals surface area contributed by atoms with Gasteiger partial charge >= 0.3 is 0 Å². The first-order valence-electron chi connectivity index (χ1n) is 6.13. The quantitative estimate of drug-likeness (QED) is 0.654. The maximum atomic E-state index is 12.4. The molecule has 20 heavy (non-hydrogen) atoms. The number of rotatable bonds is 2. The summed E-state index contributed by atoms with van der Waals surface area (Å²) in [5, 5.41) is 14.0. The minimum absolute atomic E-state index is 0. The third-order valence-corrected chi connectivity index (χ3v) is 3.28. The first-order chi connectivity index (χ1) is 9.00. The Labute approximate surface area is 122 Å². The molecule has 2 heterocycles. The smallest absolute Gasteiger partial charge is 0.288 e. The zero-order valence-corrected chi connectivity index (χ0v) is 12.1. The number of carbonyl (C=O) groups is 1. The topological polar surface area (TPSA) is 88.4 Å². The number of amides is 1. The number of nitro groups is 1. The van der Waals surface area contributed by atoms with E-state index in [4.69, 9.17) is 0 Å². The van der Waals surface area contributed by atoms with Gasteiger partial charge in [0.1, 0.15) is 6.20 Å². The van der Waals surface area contributed by atoms with E-state index in [0.29, 0.717) is 17.8 Å². The molecule has 1 aliphatic heterocycles. The summed E-state index contributed by atoms with van der Waals surface area (Å²) in [5.41, 5.74) is 0.668.